The second-order valence-corrected chi connectivity index (χ2v) is 12.7. The molecule has 2 aromatic rings. The molecule has 0 aliphatic carbocycles. The van der Waals surface area contributed by atoms with E-state index in [1.807, 2.05) is 16.4 Å². The predicted octanol–water partition coefficient (Wildman–Crippen LogP) is 4.26. The Morgan fingerprint density at radius 2 is 2.00 bits per heavy atom. The molecule has 0 unspecified atom stereocenters. The molecule has 2 aromatic carbocycles. The van der Waals surface area contributed by atoms with Crippen LogP contribution in [-0.4, -0.2) is 49.4 Å². The molecule has 1 fully saturated rings. The van der Waals surface area contributed by atoms with Gasteiger partial charge in [0, 0.05) is 27.9 Å². The lowest BCUT2D eigenvalue weighted by atomic mass is 9.98. The molecule has 182 valence electrons. The molecule has 0 N–H and O–H groups in total. The van der Waals surface area contributed by atoms with Crippen molar-refractivity contribution in [1.82, 2.24) is 0 Å². The van der Waals surface area contributed by atoms with Gasteiger partial charge in [0.05, 0.1) is 19.4 Å². The SMILES string of the molecule is C#C[C@H]1CCc2cc(I)ccc2N1[SH](C)(=O)c1ccc(OCC2CCOCC2)c(C(=O)OC)c1. The minimum absolute atomic E-state index is 0.270. The van der Waals surface area contributed by atoms with E-state index in [1.165, 1.54) is 7.11 Å². The number of thiol groups is 1. The van der Waals surface area contributed by atoms with E-state index in [2.05, 4.69) is 34.6 Å². The second kappa shape index (κ2) is 10.7. The monoisotopic (exact) mass is 595 g/mol. The predicted molar refractivity (Wildman–Crippen MR) is 143 cm³/mol. The summed E-state index contributed by atoms with van der Waals surface area (Å²) < 4.78 is 33.9. The van der Waals surface area contributed by atoms with Crippen LogP contribution in [0.3, 0.4) is 0 Å². The van der Waals surface area contributed by atoms with Crippen LogP contribution in [0.4, 0.5) is 5.69 Å². The van der Waals surface area contributed by atoms with Gasteiger partial charge in [0.1, 0.15) is 17.4 Å². The van der Waals surface area contributed by atoms with Crippen molar-refractivity contribution < 1.29 is 23.2 Å². The fourth-order valence-corrected chi connectivity index (χ4v) is 7.45. The molecule has 0 bridgehead atoms. The van der Waals surface area contributed by atoms with Gasteiger partial charge in [-0.1, -0.05) is 5.92 Å². The van der Waals surface area contributed by atoms with Gasteiger partial charge in [-0.25, -0.2) is 4.79 Å². The number of hydrogen-bond donors (Lipinski definition) is 1. The molecule has 2 aliphatic rings. The van der Waals surface area contributed by atoms with Gasteiger partial charge in [-0.15, -0.1) is 6.42 Å². The summed E-state index contributed by atoms with van der Waals surface area (Å²) in [6, 6.07) is 10.9. The fraction of sp³-hybridized carbons (Fsp3) is 0.423. The highest BCUT2D eigenvalue weighted by molar-refractivity contribution is 14.1. The second-order valence-electron chi connectivity index (χ2n) is 8.76. The fourth-order valence-electron chi connectivity index (χ4n) is 4.60. The Morgan fingerprint density at radius 1 is 1.24 bits per heavy atom. The van der Waals surface area contributed by atoms with Crippen molar-refractivity contribution in [2.45, 2.75) is 36.6 Å². The van der Waals surface area contributed by atoms with Crippen LogP contribution in [0, 0.1) is 21.8 Å². The number of methoxy groups -OCH3 is 1. The van der Waals surface area contributed by atoms with Crippen LogP contribution in [0.15, 0.2) is 41.3 Å². The average Bonchev–Trinajstić information content (AvgIpc) is 2.86. The molecule has 1 atom stereocenters. The number of ether oxygens (including phenoxy) is 3. The number of nitrogens with zero attached hydrogens (tertiary/aromatic N) is 1. The van der Waals surface area contributed by atoms with Gasteiger partial charge in [0.2, 0.25) is 0 Å². The standard InChI is InChI=1S/C26H30INO5S/c1-4-21-7-5-19-15-20(27)6-9-24(19)28(21)34(3,30)22-8-10-25(23(16-22)26(29)31-2)33-17-18-11-13-32-14-12-18/h1,6,8-10,15-16,18,21,34H,5,7,11-14,17H2,2-3H3/t21-/m0/s1. The summed E-state index contributed by atoms with van der Waals surface area (Å²) in [6.07, 6.45) is 11.0. The van der Waals surface area contributed by atoms with E-state index in [0.717, 1.165) is 53.7 Å². The summed E-state index contributed by atoms with van der Waals surface area (Å²) in [5, 5.41) is 0. The molecule has 0 saturated carbocycles. The first-order chi connectivity index (χ1) is 16.3. The topological polar surface area (TPSA) is 65.1 Å². The van der Waals surface area contributed by atoms with Crippen LogP contribution in [0.5, 0.6) is 5.75 Å². The van der Waals surface area contributed by atoms with E-state index < -0.39 is 16.1 Å². The number of hydrogen-bond acceptors (Lipinski definition) is 5. The lowest BCUT2D eigenvalue weighted by Gasteiger charge is -2.43. The summed E-state index contributed by atoms with van der Waals surface area (Å²) >= 11 is 2.28. The summed E-state index contributed by atoms with van der Waals surface area (Å²) in [5.41, 5.74) is 2.29. The van der Waals surface area contributed by atoms with Crippen LogP contribution >= 0.6 is 22.6 Å². The van der Waals surface area contributed by atoms with Crippen LogP contribution in [0.25, 0.3) is 0 Å². The van der Waals surface area contributed by atoms with Crippen molar-refractivity contribution in [3.05, 3.63) is 51.1 Å². The third-order valence-electron chi connectivity index (χ3n) is 6.54. The number of anilines is 1. The summed E-state index contributed by atoms with van der Waals surface area (Å²) in [4.78, 5) is 13.2. The molecule has 0 radical (unpaired) electrons. The van der Waals surface area contributed by atoms with E-state index in [4.69, 9.17) is 20.6 Å². The number of benzene rings is 2. The van der Waals surface area contributed by atoms with Gasteiger partial charge in [0.25, 0.3) is 0 Å². The maximum absolute atomic E-state index is 14.4. The molecular formula is C26H30INO5S. The number of fused-ring (bicyclic) bond motifs is 1. The van der Waals surface area contributed by atoms with Gasteiger partial charge in [-0.05, 0) is 106 Å². The zero-order valence-corrected chi connectivity index (χ0v) is 22.5. The molecule has 2 heterocycles. The van der Waals surface area contributed by atoms with Crippen LogP contribution in [-0.2, 0) is 26.0 Å². The lowest BCUT2D eigenvalue weighted by Crippen LogP contribution is -2.46. The minimum Gasteiger partial charge on any atom is -0.492 e. The van der Waals surface area contributed by atoms with Crippen molar-refractivity contribution in [2.24, 2.45) is 5.92 Å². The molecular weight excluding hydrogens is 565 g/mol. The first-order valence-corrected chi connectivity index (χ1v) is 14.6. The molecule has 0 spiro atoms. The first-order valence-electron chi connectivity index (χ1n) is 11.4. The number of carbonyl (C=O) groups is 1. The maximum Gasteiger partial charge on any atom is 0.341 e. The van der Waals surface area contributed by atoms with Crippen LogP contribution < -0.4 is 9.04 Å². The quantitative estimate of drug-likeness (QED) is 0.234. The Hall–Kier alpha value is -2.09. The Bertz CT molecular complexity index is 1150. The Balaban J connectivity index is 1.69. The van der Waals surface area contributed by atoms with Gasteiger partial charge in [-0.2, -0.15) is 0 Å². The third kappa shape index (κ3) is 5.11. The van der Waals surface area contributed by atoms with E-state index >= 15 is 0 Å². The molecule has 0 amide bonds. The molecule has 2 aliphatic heterocycles. The number of halogens is 1. The Morgan fingerprint density at radius 3 is 2.71 bits per heavy atom. The van der Waals surface area contributed by atoms with Gasteiger partial charge in [-0.3, -0.25) is 8.51 Å². The molecule has 4 rings (SSSR count). The van der Waals surface area contributed by atoms with Crippen molar-refractivity contribution in [2.75, 3.05) is 37.5 Å². The molecule has 8 heteroatoms. The summed E-state index contributed by atoms with van der Waals surface area (Å²) in [7, 11) is -1.84. The Kier molecular flexibility index (Phi) is 7.85. The van der Waals surface area contributed by atoms with E-state index in [-0.39, 0.29) is 11.6 Å². The zero-order valence-electron chi connectivity index (χ0n) is 19.5. The number of rotatable bonds is 6. The summed E-state index contributed by atoms with van der Waals surface area (Å²) in [5.74, 6) is 3.11. The van der Waals surface area contributed by atoms with E-state index in [0.29, 0.717) is 23.2 Å². The van der Waals surface area contributed by atoms with Crippen molar-refractivity contribution in [3.8, 4) is 18.1 Å². The maximum atomic E-state index is 14.4. The number of aryl methyl sites for hydroxylation is 1. The number of carbonyl (C=O) groups excluding carboxylic acids is 1. The van der Waals surface area contributed by atoms with Gasteiger partial charge in [0.15, 0.2) is 0 Å². The van der Waals surface area contributed by atoms with Crippen LogP contribution in [0.1, 0.15) is 35.2 Å². The molecule has 34 heavy (non-hydrogen) atoms. The lowest BCUT2D eigenvalue weighted by molar-refractivity contribution is 0.0483. The number of esters is 1. The van der Waals surface area contributed by atoms with Crippen molar-refractivity contribution in [1.29, 1.82) is 0 Å². The first kappa shape index (κ1) is 25.0. The highest BCUT2D eigenvalue weighted by atomic mass is 127. The van der Waals surface area contributed by atoms with Gasteiger partial charge < -0.3 is 14.2 Å². The molecule has 6 nitrogen and oxygen atoms in total. The van der Waals surface area contributed by atoms with Crippen molar-refractivity contribution >= 4 is 44.4 Å². The Labute approximate surface area is 216 Å². The minimum atomic E-state index is -3.17. The third-order valence-corrected chi connectivity index (χ3v) is 9.76. The zero-order chi connectivity index (χ0) is 24.3. The van der Waals surface area contributed by atoms with Gasteiger partial charge >= 0.3 is 5.97 Å². The van der Waals surface area contributed by atoms with Crippen molar-refractivity contribution in [3.63, 3.8) is 0 Å². The highest BCUT2D eigenvalue weighted by Crippen LogP contribution is 2.39. The smallest absolute Gasteiger partial charge is 0.341 e. The van der Waals surface area contributed by atoms with Crippen LogP contribution in [0.2, 0.25) is 0 Å². The van der Waals surface area contributed by atoms with E-state index in [1.54, 1.807) is 24.5 Å². The highest BCUT2D eigenvalue weighted by Gasteiger charge is 2.34. The molecule has 0 aromatic heterocycles. The molecule has 1 saturated heterocycles. The largest absolute Gasteiger partial charge is 0.492 e. The summed E-state index contributed by atoms with van der Waals surface area (Å²) in [6.45, 7) is 1.94. The van der Waals surface area contributed by atoms with E-state index in [9.17, 15) is 9.00 Å². The number of terminal acetylenes is 1. The normalized spacial score (nSPS) is 19.1. The average molecular weight is 595 g/mol.